The predicted molar refractivity (Wildman–Crippen MR) is 81.2 cm³/mol. The predicted octanol–water partition coefficient (Wildman–Crippen LogP) is 0.540. The molecule has 22 heavy (non-hydrogen) atoms. The SMILES string of the molecule is O=C(NC1CC1)c1ccc(S(=O)(=O)C2CCS(=O)(=O)C2)cc1. The summed E-state index contributed by atoms with van der Waals surface area (Å²) in [5.41, 5.74) is 0.407. The van der Waals surface area contributed by atoms with Crippen molar-refractivity contribution in [2.24, 2.45) is 0 Å². The average Bonchev–Trinajstić information content (AvgIpc) is 3.20. The fraction of sp³-hybridized carbons (Fsp3) is 0.500. The van der Waals surface area contributed by atoms with Crippen molar-refractivity contribution in [1.82, 2.24) is 5.32 Å². The molecular formula is C14H17NO5S2. The molecule has 1 aromatic carbocycles. The van der Waals surface area contributed by atoms with E-state index in [0.29, 0.717) is 5.56 Å². The smallest absolute Gasteiger partial charge is 0.251 e. The van der Waals surface area contributed by atoms with Gasteiger partial charge in [-0.1, -0.05) is 0 Å². The second-order valence-electron chi connectivity index (χ2n) is 5.84. The highest BCUT2D eigenvalue weighted by molar-refractivity contribution is 7.96. The normalized spacial score (nSPS) is 24.1. The highest BCUT2D eigenvalue weighted by Crippen LogP contribution is 2.26. The minimum atomic E-state index is -3.67. The highest BCUT2D eigenvalue weighted by atomic mass is 32.2. The van der Waals surface area contributed by atoms with Crippen molar-refractivity contribution >= 4 is 25.6 Å². The van der Waals surface area contributed by atoms with Crippen molar-refractivity contribution in [3.05, 3.63) is 29.8 Å². The van der Waals surface area contributed by atoms with Crippen LogP contribution in [0.15, 0.2) is 29.2 Å². The molecule has 1 aromatic rings. The topological polar surface area (TPSA) is 97.4 Å². The molecule has 1 atom stereocenters. The number of amides is 1. The van der Waals surface area contributed by atoms with Gasteiger partial charge in [-0.15, -0.1) is 0 Å². The molecule has 1 aliphatic carbocycles. The summed E-state index contributed by atoms with van der Waals surface area (Å²) in [6, 6.07) is 5.92. The van der Waals surface area contributed by atoms with E-state index < -0.39 is 24.9 Å². The van der Waals surface area contributed by atoms with Crippen LogP contribution in [0.4, 0.5) is 0 Å². The summed E-state index contributed by atoms with van der Waals surface area (Å²) in [6.07, 6.45) is 2.09. The second-order valence-corrected chi connectivity index (χ2v) is 10.3. The summed E-state index contributed by atoms with van der Waals surface area (Å²) in [5.74, 6) is -0.618. The van der Waals surface area contributed by atoms with E-state index in [0.717, 1.165) is 12.8 Å². The first-order valence-electron chi connectivity index (χ1n) is 7.13. The number of nitrogens with one attached hydrogen (secondary N) is 1. The molecular weight excluding hydrogens is 326 g/mol. The fourth-order valence-corrected chi connectivity index (χ4v) is 6.85. The van der Waals surface area contributed by atoms with Crippen LogP contribution in [-0.2, 0) is 19.7 Å². The molecule has 8 heteroatoms. The molecule has 1 saturated heterocycles. The maximum absolute atomic E-state index is 12.4. The van der Waals surface area contributed by atoms with Gasteiger partial charge in [0.1, 0.15) is 0 Å². The third kappa shape index (κ3) is 3.17. The molecule has 1 heterocycles. The van der Waals surface area contributed by atoms with Crippen molar-refractivity contribution in [3.63, 3.8) is 0 Å². The molecule has 0 radical (unpaired) electrons. The lowest BCUT2D eigenvalue weighted by Gasteiger charge is -2.10. The number of carbonyl (C=O) groups excluding carboxylic acids is 1. The van der Waals surface area contributed by atoms with E-state index in [-0.39, 0.29) is 34.8 Å². The molecule has 1 amide bonds. The zero-order chi connectivity index (χ0) is 16.0. The van der Waals surface area contributed by atoms with Gasteiger partial charge in [0.2, 0.25) is 0 Å². The van der Waals surface area contributed by atoms with Gasteiger partial charge < -0.3 is 5.32 Å². The van der Waals surface area contributed by atoms with Gasteiger partial charge in [-0.05, 0) is 43.5 Å². The first kappa shape index (κ1) is 15.5. The van der Waals surface area contributed by atoms with E-state index >= 15 is 0 Å². The van der Waals surface area contributed by atoms with Gasteiger partial charge in [0.15, 0.2) is 19.7 Å². The molecule has 3 rings (SSSR count). The summed E-state index contributed by atoms with van der Waals surface area (Å²) in [6.45, 7) is 0. The third-order valence-electron chi connectivity index (χ3n) is 3.99. The Bertz CT molecular complexity index is 792. The summed E-state index contributed by atoms with van der Waals surface area (Å²) in [4.78, 5) is 11.9. The summed E-state index contributed by atoms with van der Waals surface area (Å²) in [7, 11) is -6.93. The van der Waals surface area contributed by atoms with Crippen molar-refractivity contribution in [1.29, 1.82) is 0 Å². The zero-order valence-electron chi connectivity index (χ0n) is 11.9. The largest absolute Gasteiger partial charge is 0.349 e. The molecule has 1 saturated carbocycles. The quantitative estimate of drug-likeness (QED) is 0.860. The number of sulfone groups is 2. The monoisotopic (exact) mass is 343 g/mol. The van der Waals surface area contributed by atoms with Crippen molar-refractivity contribution in [3.8, 4) is 0 Å². The van der Waals surface area contributed by atoms with Gasteiger partial charge >= 0.3 is 0 Å². The van der Waals surface area contributed by atoms with Gasteiger partial charge in [0.25, 0.3) is 5.91 Å². The molecule has 2 fully saturated rings. The number of hydrogen-bond donors (Lipinski definition) is 1. The number of benzene rings is 1. The minimum Gasteiger partial charge on any atom is -0.349 e. The van der Waals surface area contributed by atoms with Crippen LogP contribution < -0.4 is 5.32 Å². The number of carbonyl (C=O) groups is 1. The maximum atomic E-state index is 12.4. The Kier molecular flexibility index (Phi) is 3.76. The van der Waals surface area contributed by atoms with Gasteiger partial charge in [-0.2, -0.15) is 0 Å². The van der Waals surface area contributed by atoms with Gasteiger partial charge in [0.05, 0.1) is 21.7 Å². The lowest BCUT2D eigenvalue weighted by molar-refractivity contribution is 0.0951. The van der Waals surface area contributed by atoms with Crippen LogP contribution in [-0.4, -0.2) is 45.5 Å². The van der Waals surface area contributed by atoms with Crippen LogP contribution >= 0.6 is 0 Å². The van der Waals surface area contributed by atoms with Crippen LogP contribution in [0.5, 0.6) is 0 Å². The zero-order valence-corrected chi connectivity index (χ0v) is 13.5. The van der Waals surface area contributed by atoms with Crippen LogP contribution in [0, 0.1) is 0 Å². The standard InChI is InChI=1S/C14H17NO5S2/c16-14(15-11-3-4-11)10-1-5-12(6-2-10)22(19,20)13-7-8-21(17,18)9-13/h1-2,5-6,11,13H,3-4,7-9H2,(H,15,16). The molecule has 0 bridgehead atoms. The Morgan fingerprint density at radius 3 is 2.23 bits per heavy atom. The molecule has 6 nitrogen and oxygen atoms in total. The Morgan fingerprint density at radius 2 is 1.73 bits per heavy atom. The van der Waals surface area contributed by atoms with Crippen molar-refractivity contribution in [2.45, 2.75) is 35.4 Å². The molecule has 0 aromatic heterocycles. The Labute approximate surface area is 129 Å². The van der Waals surface area contributed by atoms with Crippen molar-refractivity contribution in [2.75, 3.05) is 11.5 Å². The maximum Gasteiger partial charge on any atom is 0.251 e. The van der Waals surface area contributed by atoms with Crippen LogP contribution in [0.25, 0.3) is 0 Å². The molecule has 2 aliphatic rings. The molecule has 1 aliphatic heterocycles. The van der Waals surface area contributed by atoms with Crippen LogP contribution in [0.2, 0.25) is 0 Å². The highest BCUT2D eigenvalue weighted by Gasteiger charge is 2.38. The number of hydrogen-bond acceptors (Lipinski definition) is 5. The van der Waals surface area contributed by atoms with Gasteiger partial charge in [0, 0.05) is 11.6 Å². The van der Waals surface area contributed by atoms with E-state index in [9.17, 15) is 21.6 Å². The van der Waals surface area contributed by atoms with Crippen molar-refractivity contribution < 1.29 is 21.6 Å². The first-order chi connectivity index (χ1) is 10.3. The molecule has 1 N–H and O–H groups in total. The molecule has 120 valence electrons. The third-order valence-corrected chi connectivity index (χ3v) is 8.18. The minimum absolute atomic E-state index is 0.0672. The Balaban J connectivity index is 1.78. The second kappa shape index (κ2) is 5.34. The lowest BCUT2D eigenvalue weighted by atomic mass is 10.2. The summed E-state index contributed by atoms with van der Waals surface area (Å²) >= 11 is 0. The first-order valence-corrected chi connectivity index (χ1v) is 10.5. The summed E-state index contributed by atoms with van der Waals surface area (Å²) in [5, 5.41) is 1.94. The molecule has 1 unspecified atom stereocenters. The Morgan fingerprint density at radius 1 is 1.09 bits per heavy atom. The Hall–Kier alpha value is -1.41. The van der Waals surface area contributed by atoms with Gasteiger partial charge in [-0.25, -0.2) is 16.8 Å². The van der Waals surface area contributed by atoms with Gasteiger partial charge in [-0.3, -0.25) is 4.79 Å². The van der Waals surface area contributed by atoms with E-state index in [1.165, 1.54) is 24.3 Å². The van der Waals surface area contributed by atoms with E-state index in [4.69, 9.17) is 0 Å². The molecule has 0 spiro atoms. The number of rotatable bonds is 4. The van der Waals surface area contributed by atoms with E-state index in [1.807, 2.05) is 0 Å². The summed E-state index contributed by atoms with van der Waals surface area (Å²) < 4.78 is 47.8. The average molecular weight is 343 g/mol. The van der Waals surface area contributed by atoms with E-state index in [2.05, 4.69) is 5.32 Å². The van der Waals surface area contributed by atoms with Crippen LogP contribution in [0.1, 0.15) is 29.6 Å². The van der Waals surface area contributed by atoms with Crippen LogP contribution in [0.3, 0.4) is 0 Å². The van der Waals surface area contributed by atoms with E-state index in [1.54, 1.807) is 0 Å². The lowest BCUT2D eigenvalue weighted by Crippen LogP contribution is -2.25. The fourth-order valence-electron chi connectivity index (χ4n) is 2.49.